The maximum Gasteiger partial charge on any atom is 0.261 e. The molecular weight excluding hydrogens is 328 g/mol. The fraction of sp³-hybridized carbons (Fsp3) is 0.286. The zero-order chi connectivity index (χ0) is 18.8. The van der Waals surface area contributed by atoms with Crippen molar-refractivity contribution >= 4 is 17.7 Å². The number of aryl methyl sites for hydroxylation is 2. The summed E-state index contributed by atoms with van der Waals surface area (Å²) in [5.41, 5.74) is 4.13. The van der Waals surface area contributed by atoms with Crippen molar-refractivity contribution < 1.29 is 14.4 Å². The van der Waals surface area contributed by atoms with Gasteiger partial charge in [0.1, 0.15) is 0 Å². The van der Waals surface area contributed by atoms with E-state index in [1.54, 1.807) is 24.3 Å². The highest BCUT2D eigenvalue weighted by atomic mass is 16.2. The molecule has 5 nitrogen and oxygen atoms in total. The minimum Gasteiger partial charge on any atom is -0.350 e. The normalized spacial score (nSPS) is 14.3. The van der Waals surface area contributed by atoms with Crippen LogP contribution in [0.15, 0.2) is 42.5 Å². The third-order valence-corrected chi connectivity index (χ3v) is 4.72. The first kappa shape index (κ1) is 17.9. The van der Waals surface area contributed by atoms with E-state index >= 15 is 0 Å². The summed E-state index contributed by atoms with van der Waals surface area (Å²) in [5.74, 6) is -0.850. The SMILES string of the molecule is Cc1ccc(C)c([C@H](C)NC(=O)CCN2C(=O)c3ccccc3C2=O)c1. The van der Waals surface area contributed by atoms with Gasteiger partial charge in [0.15, 0.2) is 0 Å². The Labute approximate surface area is 153 Å². The molecule has 0 bridgehead atoms. The van der Waals surface area contributed by atoms with Gasteiger partial charge < -0.3 is 5.32 Å². The highest BCUT2D eigenvalue weighted by Crippen LogP contribution is 2.23. The molecule has 0 unspecified atom stereocenters. The summed E-state index contributed by atoms with van der Waals surface area (Å²) in [6, 6.07) is 12.7. The number of imide groups is 1. The molecule has 134 valence electrons. The molecule has 1 aliphatic rings. The number of fused-ring (bicyclic) bond motifs is 1. The van der Waals surface area contributed by atoms with E-state index < -0.39 is 0 Å². The van der Waals surface area contributed by atoms with Crippen molar-refractivity contribution in [2.45, 2.75) is 33.2 Å². The summed E-state index contributed by atoms with van der Waals surface area (Å²) in [6.45, 7) is 6.04. The van der Waals surface area contributed by atoms with Gasteiger partial charge in [-0.15, -0.1) is 0 Å². The third-order valence-electron chi connectivity index (χ3n) is 4.72. The summed E-state index contributed by atoms with van der Waals surface area (Å²) >= 11 is 0. The molecule has 26 heavy (non-hydrogen) atoms. The van der Waals surface area contributed by atoms with Crippen LogP contribution in [0, 0.1) is 13.8 Å². The Morgan fingerprint density at radius 1 is 1.04 bits per heavy atom. The molecule has 0 saturated heterocycles. The molecule has 0 spiro atoms. The van der Waals surface area contributed by atoms with Gasteiger partial charge in [0.05, 0.1) is 17.2 Å². The Balaban J connectivity index is 1.61. The second-order valence-corrected chi connectivity index (χ2v) is 6.71. The molecule has 3 amide bonds. The predicted octanol–water partition coefficient (Wildman–Crippen LogP) is 3.17. The first-order chi connectivity index (χ1) is 12.4. The van der Waals surface area contributed by atoms with E-state index in [0.29, 0.717) is 11.1 Å². The van der Waals surface area contributed by atoms with Crippen molar-refractivity contribution in [3.05, 3.63) is 70.3 Å². The smallest absolute Gasteiger partial charge is 0.261 e. The lowest BCUT2D eigenvalue weighted by Crippen LogP contribution is -2.35. The number of rotatable bonds is 5. The number of hydrogen-bond acceptors (Lipinski definition) is 3. The van der Waals surface area contributed by atoms with E-state index in [9.17, 15) is 14.4 Å². The first-order valence-corrected chi connectivity index (χ1v) is 8.70. The number of hydrogen-bond donors (Lipinski definition) is 1. The molecule has 1 aliphatic heterocycles. The van der Waals surface area contributed by atoms with Crippen LogP contribution < -0.4 is 5.32 Å². The lowest BCUT2D eigenvalue weighted by atomic mass is 10.00. The number of amides is 3. The van der Waals surface area contributed by atoms with Crippen LogP contribution in [-0.4, -0.2) is 29.2 Å². The van der Waals surface area contributed by atoms with Crippen LogP contribution in [-0.2, 0) is 4.79 Å². The quantitative estimate of drug-likeness (QED) is 0.842. The molecule has 0 saturated carbocycles. The molecule has 2 aromatic rings. The van der Waals surface area contributed by atoms with Gasteiger partial charge in [0.25, 0.3) is 11.8 Å². The minimum atomic E-state index is -0.332. The summed E-state index contributed by atoms with van der Waals surface area (Å²) in [5, 5.41) is 2.95. The Morgan fingerprint density at radius 2 is 1.65 bits per heavy atom. The van der Waals surface area contributed by atoms with Gasteiger partial charge in [-0.2, -0.15) is 0 Å². The first-order valence-electron chi connectivity index (χ1n) is 8.70. The molecule has 1 atom stereocenters. The van der Waals surface area contributed by atoms with Crippen LogP contribution in [0.1, 0.15) is 56.8 Å². The van der Waals surface area contributed by atoms with E-state index in [4.69, 9.17) is 0 Å². The molecule has 2 aromatic carbocycles. The van der Waals surface area contributed by atoms with Gasteiger partial charge in [-0.25, -0.2) is 0 Å². The molecular formula is C21H22N2O3. The monoisotopic (exact) mass is 350 g/mol. The van der Waals surface area contributed by atoms with Gasteiger partial charge >= 0.3 is 0 Å². The van der Waals surface area contributed by atoms with Gasteiger partial charge in [-0.3, -0.25) is 19.3 Å². The van der Waals surface area contributed by atoms with Gasteiger partial charge in [0.2, 0.25) is 5.91 Å². The number of carbonyl (C=O) groups is 3. The molecule has 0 aliphatic carbocycles. The zero-order valence-corrected chi connectivity index (χ0v) is 15.2. The van der Waals surface area contributed by atoms with Crippen molar-refractivity contribution in [1.82, 2.24) is 10.2 Å². The molecule has 3 rings (SSSR count). The van der Waals surface area contributed by atoms with Gasteiger partial charge in [-0.05, 0) is 44.0 Å². The second-order valence-electron chi connectivity index (χ2n) is 6.71. The van der Waals surface area contributed by atoms with Crippen molar-refractivity contribution in [2.75, 3.05) is 6.54 Å². The second kappa shape index (κ2) is 7.12. The van der Waals surface area contributed by atoms with Crippen LogP contribution in [0.5, 0.6) is 0 Å². The molecule has 1 heterocycles. The lowest BCUT2D eigenvalue weighted by molar-refractivity contribution is -0.121. The van der Waals surface area contributed by atoms with E-state index in [0.717, 1.165) is 21.6 Å². The third kappa shape index (κ3) is 3.38. The summed E-state index contributed by atoms with van der Waals surface area (Å²) in [6.07, 6.45) is 0.0840. The van der Waals surface area contributed by atoms with E-state index in [1.807, 2.05) is 32.9 Å². The maximum atomic E-state index is 12.3. The Bertz CT molecular complexity index is 854. The summed E-state index contributed by atoms with van der Waals surface area (Å²) in [4.78, 5) is 38.1. The highest BCUT2D eigenvalue weighted by Gasteiger charge is 2.35. The number of nitrogens with zero attached hydrogens (tertiary/aromatic N) is 1. The van der Waals surface area contributed by atoms with Crippen molar-refractivity contribution in [2.24, 2.45) is 0 Å². The Hall–Kier alpha value is -2.95. The zero-order valence-electron chi connectivity index (χ0n) is 15.2. The number of benzene rings is 2. The largest absolute Gasteiger partial charge is 0.350 e. The molecule has 0 aromatic heterocycles. The van der Waals surface area contributed by atoms with Crippen LogP contribution >= 0.6 is 0 Å². The standard InChI is InChI=1S/C21H22N2O3/c1-13-8-9-14(2)18(12-13)15(3)22-19(24)10-11-23-20(25)16-6-4-5-7-17(16)21(23)26/h4-9,12,15H,10-11H2,1-3H3,(H,22,24)/t15-/m0/s1. The van der Waals surface area contributed by atoms with Crippen molar-refractivity contribution in [3.63, 3.8) is 0 Å². The maximum absolute atomic E-state index is 12.3. The predicted molar refractivity (Wildman–Crippen MR) is 98.9 cm³/mol. The average molecular weight is 350 g/mol. The van der Waals surface area contributed by atoms with Crippen LogP contribution in [0.4, 0.5) is 0 Å². The van der Waals surface area contributed by atoms with Crippen LogP contribution in [0.25, 0.3) is 0 Å². The van der Waals surface area contributed by atoms with Gasteiger partial charge in [-0.1, -0.05) is 35.9 Å². The highest BCUT2D eigenvalue weighted by molar-refractivity contribution is 6.21. The molecule has 0 fully saturated rings. The van der Waals surface area contributed by atoms with E-state index in [1.165, 1.54) is 0 Å². The fourth-order valence-corrected chi connectivity index (χ4v) is 3.27. The average Bonchev–Trinajstić information content (AvgIpc) is 2.86. The van der Waals surface area contributed by atoms with Crippen LogP contribution in [0.3, 0.4) is 0 Å². The van der Waals surface area contributed by atoms with Crippen molar-refractivity contribution in [3.8, 4) is 0 Å². The molecule has 5 heteroatoms. The Kier molecular flexibility index (Phi) is 4.89. The number of nitrogens with one attached hydrogen (secondary N) is 1. The number of carbonyl (C=O) groups excluding carboxylic acids is 3. The Morgan fingerprint density at radius 3 is 2.27 bits per heavy atom. The van der Waals surface area contributed by atoms with Crippen LogP contribution in [0.2, 0.25) is 0 Å². The fourth-order valence-electron chi connectivity index (χ4n) is 3.27. The van der Waals surface area contributed by atoms with E-state index in [-0.39, 0.29) is 36.7 Å². The summed E-state index contributed by atoms with van der Waals surface area (Å²) < 4.78 is 0. The minimum absolute atomic E-state index is 0.0811. The molecule has 0 radical (unpaired) electrons. The summed E-state index contributed by atoms with van der Waals surface area (Å²) in [7, 11) is 0. The van der Waals surface area contributed by atoms with E-state index in [2.05, 4.69) is 11.4 Å². The topological polar surface area (TPSA) is 66.5 Å². The van der Waals surface area contributed by atoms with Gasteiger partial charge in [0, 0.05) is 13.0 Å². The molecule has 1 N–H and O–H groups in total. The lowest BCUT2D eigenvalue weighted by Gasteiger charge is -2.19. The van der Waals surface area contributed by atoms with Crippen molar-refractivity contribution in [1.29, 1.82) is 0 Å².